The normalized spacial score (nSPS) is 21.9. The highest BCUT2D eigenvalue weighted by Gasteiger charge is 2.38. The predicted molar refractivity (Wildman–Crippen MR) is 96.5 cm³/mol. The van der Waals surface area contributed by atoms with Crippen LogP contribution in [0.5, 0.6) is 0 Å². The molecule has 2 rings (SSSR count). The molecule has 138 valence electrons. The second-order valence-corrected chi connectivity index (χ2v) is 10.8. The highest BCUT2D eigenvalue weighted by atomic mass is 35.5. The molecule has 0 aromatic heterocycles. The molecule has 1 aromatic rings. The van der Waals surface area contributed by atoms with Gasteiger partial charge in [-0.3, -0.25) is 0 Å². The first-order valence-corrected chi connectivity index (χ1v) is 10.7. The Morgan fingerprint density at radius 3 is 2.08 bits per heavy atom. The van der Waals surface area contributed by atoms with Crippen molar-refractivity contribution >= 4 is 32.3 Å². The summed E-state index contributed by atoms with van der Waals surface area (Å²) in [5.41, 5.74) is 5.76. The van der Waals surface area contributed by atoms with Crippen LogP contribution in [0.3, 0.4) is 0 Å². The van der Waals surface area contributed by atoms with Gasteiger partial charge < -0.3 is 5.73 Å². The summed E-state index contributed by atoms with van der Waals surface area (Å²) < 4.78 is 50.5. The van der Waals surface area contributed by atoms with Crippen molar-refractivity contribution in [1.82, 2.24) is 4.31 Å². The van der Waals surface area contributed by atoms with Crippen LogP contribution in [0.1, 0.15) is 27.2 Å². The van der Waals surface area contributed by atoms with Crippen LogP contribution in [-0.4, -0.2) is 46.0 Å². The molecule has 6 nitrogen and oxygen atoms in total. The summed E-state index contributed by atoms with van der Waals surface area (Å²) in [6.45, 7) is 6.19. The van der Waals surface area contributed by atoms with E-state index in [1.807, 2.05) is 13.8 Å². The number of nitrogens with two attached hydrogens (primary N) is 1. The minimum absolute atomic E-state index is 0. The average Bonchev–Trinajstić information content (AvgIpc) is 2.50. The Labute approximate surface area is 150 Å². The highest BCUT2D eigenvalue weighted by Crippen LogP contribution is 2.31. The molecule has 24 heavy (non-hydrogen) atoms. The van der Waals surface area contributed by atoms with Gasteiger partial charge in [0, 0.05) is 19.1 Å². The molecule has 0 saturated carbocycles. The Kier molecular flexibility index (Phi) is 6.49. The molecule has 1 unspecified atom stereocenters. The minimum atomic E-state index is -3.64. The first-order chi connectivity index (χ1) is 10.5. The van der Waals surface area contributed by atoms with Crippen molar-refractivity contribution in [2.45, 2.75) is 43.0 Å². The largest absolute Gasteiger partial charge is 0.327 e. The number of sulfonamides is 1. The number of benzene rings is 1. The lowest BCUT2D eigenvalue weighted by Gasteiger charge is -2.41. The maximum atomic E-state index is 12.7. The fraction of sp³-hybridized carbons (Fsp3) is 0.600. The van der Waals surface area contributed by atoms with Crippen LogP contribution in [0, 0.1) is 5.41 Å². The lowest BCUT2D eigenvalue weighted by Crippen LogP contribution is -2.53. The van der Waals surface area contributed by atoms with E-state index < -0.39 is 19.9 Å². The van der Waals surface area contributed by atoms with Crippen LogP contribution in [-0.2, 0) is 19.9 Å². The van der Waals surface area contributed by atoms with Gasteiger partial charge >= 0.3 is 0 Å². The van der Waals surface area contributed by atoms with Crippen LogP contribution in [0.15, 0.2) is 34.1 Å². The maximum absolute atomic E-state index is 12.7. The van der Waals surface area contributed by atoms with E-state index in [0.717, 1.165) is 0 Å². The number of halogens is 1. The second-order valence-electron chi connectivity index (χ2n) is 6.60. The van der Waals surface area contributed by atoms with Crippen molar-refractivity contribution in [2.75, 3.05) is 18.8 Å². The lowest BCUT2D eigenvalue weighted by atomic mass is 9.81. The molecule has 9 heteroatoms. The van der Waals surface area contributed by atoms with E-state index in [2.05, 4.69) is 0 Å². The third-order valence-electron chi connectivity index (χ3n) is 4.48. The first-order valence-electron chi connectivity index (χ1n) is 7.59. The van der Waals surface area contributed by atoms with Gasteiger partial charge in [0.1, 0.15) is 0 Å². The number of hydrogen-bond donors (Lipinski definition) is 1. The van der Waals surface area contributed by atoms with Crippen molar-refractivity contribution < 1.29 is 16.8 Å². The molecule has 1 fully saturated rings. The molecule has 1 aliphatic heterocycles. The van der Waals surface area contributed by atoms with Gasteiger partial charge in [-0.1, -0.05) is 20.8 Å². The molecule has 0 radical (unpaired) electrons. The van der Waals surface area contributed by atoms with E-state index in [9.17, 15) is 16.8 Å². The summed E-state index contributed by atoms with van der Waals surface area (Å²) in [7, 11) is -6.98. The molecular formula is C15H25ClN2O4S2. The van der Waals surface area contributed by atoms with Gasteiger partial charge in [-0.05, 0) is 36.1 Å². The third-order valence-corrected chi connectivity index (χ3v) is 8.09. The van der Waals surface area contributed by atoms with Gasteiger partial charge in [0.2, 0.25) is 10.0 Å². The average molecular weight is 397 g/mol. The third kappa shape index (κ3) is 4.11. The Bertz CT molecular complexity index is 774. The SMILES string of the molecule is CCS(=O)(=O)c1ccc(S(=O)(=O)N2CCC(N)C(C)(C)C2)cc1.Cl. The molecule has 1 aliphatic rings. The molecule has 0 bridgehead atoms. The van der Waals surface area contributed by atoms with E-state index in [-0.39, 0.29) is 39.4 Å². The molecule has 0 amide bonds. The number of piperidine rings is 1. The Hall–Kier alpha value is -0.670. The van der Waals surface area contributed by atoms with Gasteiger partial charge in [-0.2, -0.15) is 4.31 Å². The van der Waals surface area contributed by atoms with Crippen LogP contribution < -0.4 is 5.73 Å². The molecular weight excluding hydrogens is 372 g/mol. The molecule has 1 heterocycles. The molecule has 0 spiro atoms. The van der Waals surface area contributed by atoms with Crippen LogP contribution in [0.4, 0.5) is 0 Å². The summed E-state index contributed by atoms with van der Waals surface area (Å²) in [6, 6.07) is 5.39. The summed E-state index contributed by atoms with van der Waals surface area (Å²) in [6.07, 6.45) is 0.606. The number of rotatable bonds is 4. The zero-order chi connectivity index (χ0) is 17.5. The first kappa shape index (κ1) is 21.4. The Balaban J connectivity index is 0.00000288. The summed E-state index contributed by atoms with van der Waals surface area (Å²) >= 11 is 0. The fourth-order valence-electron chi connectivity index (χ4n) is 2.66. The summed E-state index contributed by atoms with van der Waals surface area (Å²) in [5.74, 6) is -0.0166. The van der Waals surface area contributed by atoms with Crippen molar-refractivity contribution in [3.8, 4) is 0 Å². The quantitative estimate of drug-likeness (QED) is 0.834. The van der Waals surface area contributed by atoms with Crippen molar-refractivity contribution in [1.29, 1.82) is 0 Å². The maximum Gasteiger partial charge on any atom is 0.243 e. The number of sulfone groups is 1. The van der Waals surface area contributed by atoms with Gasteiger partial charge in [-0.15, -0.1) is 12.4 Å². The standard InChI is InChI=1S/C15H24N2O4S2.ClH/c1-4-22(18,19)12-5-7-13(8-6-12)23(20,21)17-10-9-14(16)15(2,3)11-17;/h5-8,14H,4,9-11,16H2,1-3H3;1H. The zero-order valence-corrected chi connectivity index (χ0v) is 16.5. The zero-order valence-electron chi connectivity index (χ0n) is 14.1. The van der Waals surface area contributed by atoms with Gasteiger partial charge in [0.15, 0.2) is 9.84 Å². The molecule has 0 aliphatic carbocycles. The predicted octanol–water partition coefficient (Wildman–Crippen LogP) is 1.65. The summed E-state index contributed by atoms with van der Waals surface area (Å²) in [5, 5.41) is 0. The minimum Gasteiger partial charge on any atom is -0.327 e. The topological polar surface area (TPSA) is 97.5 Å². The van der Waals surface area contributed by atoms with E-state index in [1.165, 1.54) is 28.6 Å². The Morgan fingerprint density at radius 2 is 1.62 bits per heavy atom. The van der Waals surface area contributed by atoms with Crippen LogP contribution in [0.25, 0.3) is 0 Å². The van der Waals surface area contributed by atoms with Crippen molar-refractivity contribution in [3.05, 3.63) is 24.3 Å². The van der Waals surface area contributed by atoms with Crippen LogP contribution >= 0.6 is 12.4 Å². The van der Waals surface area contributed by atoms with E-state index >= 15 is 0 Å². The number of nitrogens with zero attached hydrogens (tertiary/aromatic N) is 1. The fourth-order valence-corrected chi connectivity index (χ4v) is 5.18. The van der Waals surface area contributed by atoms with Gasteiger partial charge in [0.05, 0.1) is 15.5 Å². The monoisotopic (exact) mass is 396 g/mol. The molecule has 1 aromatic carbocycles. The van der Waals surface area contributed by atoms with Crippen molar-refractivity contribution in [3.63, 3.8) is 0 Å². The second kappa shape index (κ2) is 7.29. The van der Waals surface area contributed by atoms with E-state index in [1.54, 1.807) is 6.92 Å². The van der Waals surface area contributed by atoms with Gasteiger partial charge in [-0.25, -0.2) is 16.8 Å². The summed E-state index contributed by atoms with van der Waals surface area (Å²) in [4.78, 5) is 0.249. The molecule has 2 N–H and O–H groups in total. The Morgan fingerprint density at radius 1 is 1.12 bits per heavy atom. The molecule has 1 saturated heterocycles. The van der Waals surface area contributed by atoms with E-state index in [0.29, 0.717) is 19.5 Å². The smallest absolute Gasteiger partial charge is 0.243 e. The number of hydrogen-bond acceptors (Lipinski definition) is 5. The highest BCUT2D eigenvalue weighted by molar-refractivity contribution is 7.91. The lowest BCUT2D eigenvalue weighted by molar-refractivity contribution is 0.155. The van der Waals surface area contributed by atoms with Crippen LogP contribution in [0.2, 0.25) is 0 Å². The van der Waals surface area contributed by atoms with Gasteiger partial charge in [0.25, 0.3) is 0 Å². The van der Waals surface area contributed by atoms with Crippen molar-refractivity contribution in [2.24, 2.45) is 11.1 Å². The molecule has 1 atom stereocenters. The van der Waals surface area contributed by atoms with E-state index in [4.69, 9.17) is 5.73 Å².